The number of pyridine rings is 1. The first kappa shape index (κ1) is 26.1. The summed E-state index contributed by atoms with van der Waals surface area (Å²) < 4.78 is 10.6. The van der Waals surface area contributed by atoms with Gasteiger partial charge in [0, 0.05) is 18.2 Å². The second kappa shape index (κ2) is 11.9. The average Bonchev–Trinajstić information content (AvgIpc) is 3.74. The van der Waals surface area contributed by atoms with Crippen molar-refractivity contribution in [1.29, 1.82) is 0 Å². The Kier molecular flexibility index (Phi) is 7.95. The number of nitrogens with zero attached hydrogens (tertiary/aromatic N) is 3. The van der Waals surface area contributed by atoms with Gasteiger partial charge >= 0.3 is 0 Å². The molecule has 1 saturated heterocycles. The van der Waals surface area contributed by atoms with Gasteiger partial charge < -0.3 is 24.8 Å². The minimum atomic E-state index is -0.558. The van der Waals surface area contributed by atoms with Crippen LogP contribution < -0.4 is 15.4 Å². The van der Waals surface area contributed by atoms with Gasteiger partial charge in [0.1, 0.15) is 18.1 Å². The monoisotopic (exact) mass is 530 g/mol. The molecular weight excluding hydrogens is 500 g/mol. The highest BCUT2D eigenvalue weighted by Crippen LogP contribution is 2.31. The molecule has 1 aliphatic rings. The normalized spacial score (nSPS) is 15.7. The van der Waals surface area contributed by atoms with Crippen LogP contribution in [0.4, 0.5) is 0 Å². The van der Waals surface area contributed by atoms with E-state index in [-0.39, 0.29) is 23.5 Å². The van der Waals surface area contributed by atoms with Crippen molar-refractivity contribution in [2.45, 2.75) is 57.0 Å². The molecule has 2 amide bonds. The maximum Gasteiger partial charge on any atom is 0.263 e. The lowest BCUT2D eigenvalue weighted by molar-refractivity contribution is -0.126. The molecule has 3 aromatic heterocycles. The number of ether oxygens (including phenoxy) is 1. The number of methoxy groups -OCH3 is 1. The number of hydrogen-bond donors (Lipinski definition) is 3. The van der Waals surface area contributed by atoms with Crippen LogP contribution in [0.15, 0.2) is 53.4 Å². The van der Waals surface area contributed by atoms with E-state index in [1.165, 1.54) is 12.5 Å². The van der Waals surface area contributed by atoms with E-state index in [0.717, 1.165) is 29.3 Å². The van der Waals surface area contributed by atoms with E-state index in [1.807, 2.05) is 30.3 Å². The quantitative estimate of drug-likeness (QED) is 0.184. The molecule has 11 heteroatoms. The summed E-state index contributed by atoms with van der Waals surface area (Å²) in [4.78, 5) is 53.2. The molecule has 0 saturated carbocycles. The fourth-order valence-corrected chi connectivity index (χ4v) is 4.74. The summed E-state index contributed by atoms with van der Waals surface area (Å²) in [5.74, 6) is 0.685. The average molecular weight is 531 g/mol. The molecule has 5 rings (SSSR count). The highest BCUT2D eigenvalue weighted by molar-refractivity contribution is 5.92. The highest BCUT2D eigenvalue weighted by atomic mass is 16.5. The third kappa shape index (κ3) is 6.14. The van der Waals surface area contributed by atoms with Gasteiger partial charge in [-0.15, -0.1) is 0 Å². The van der Waals surface area contributed by atoms with Crippen LogP contribution in [0.5, 0.6) is 5.88 Å². The van der Waals surface area contributed by atoms with Crippen molar-refractivity contribution in [2.24, 2.45) is 0 Å². The number of rotatable bonds is 12. The molecule has 0 radical (unpaired) electrons. The molecule has 1 aromatic carbocycles. The van der Waals surface area contributed by atoms with E-state index < -0.39 is 12.1 Å². The number of imidazole rings is 1. The zero-order valence-electron chi connectivity index (χ0n) is 21.6. The van der Waals surface area contributed by atoms with Crippen LogP contribution in [0.2, 0.25) is 0 Å². The molecule has 0 unspecified atom stereocenters. The summed E-state index contributed by atoms with van der Waals surface area (Å²) in [6.07, 6.45) is 8.46. The SMILES string of the molecule is COc1nc2ccccc2cc1-c1cnc([C@H](CCCCCC(=O)c2ncco2)NC(=O)[C@H]2CCC(=O)N2)[nH]1. The van der Waals surface area contributed by atoms with Gasteiger partial charge in [-0.3, -0.25) is 14.4 Å². The molecule has 1 fully saturated rings. The van der Waals surface area contributed by atoms with Gasteiger partial charge in [-0.2, -0.15) is 0 Å². The maximum absolute atomic E-state index is 12.9. The smallest absolute Gasteiger partial charge is 0.263 e. The van der Waals surface area contributed by atoms with Crippen LogP contribution >= 0.6 is 0 Å². The van der Waals surface area contributed by atoms with Gasteiger partial charge in [0.25, 0.3) is 5.89 Å². The lowest BCUT2D eigenvalue weighted by Crippen LogP contribution is -2.43. The number of unbranched alkanes of at least 4 members (excludes halogenated alkanes) is 2. The van der Waals surface area contributed by atoms with Crippen LogP contribution in [-0.4, -0.2) is 50.7 Å². The molecule has 11 nitrogen and oxygen atoms in total. The number of Topliss-reactive ketones (excluding diaryl/α,β-unsaturated/α-hetero) is 1. The summed E-state index contributed by atoms with van der Waals surface area (Å²) in [5.41, 5.74) is 2.29. The summed E-state index contributed by atoms with van der Waals surface area (Å²) in [6.45, 7) is 0. The third-order valence-corrected chi connectivity index (χ3v) is 6.79. The Balaban J connectivity index is 1.30. The van der Waals surface area contributed by atoms with Gasteiger partial charge in [0.2, 0.25) is 23.5 Å². The molecule has 4 heterocycles. The summed E-state index contributed by atoms with van der Waals surface area (Å²) in [7, 11) is 1.57. The minimum absolute atomic E-state index is 0.125. The number of para-hydroxylation sites is 1. The Labute approximate surface area is 224 Å². The number of aromatic amines is 1. The number of carbonyl (C=O) groups excluding carboxylic acids is 3. The molecule has 0 spiro atoms. The second-order valence-corrected chi connectivity index (χ2v) is 9.50. The van der Waals surface area contributed by atoms with E-state index >= 15 is 0 Å². The van der Waals surface area contributed by atoms with Crippen LogP contribution in [0.25, 0.3) is 22.2 Å². The van der Waals surface area contributed by atoms with Crippen LogP contribution in [0, 0.1) is 0 Å². The van der Waals surface area contributed by atoms with Crippen molar-refractivity contribution in [2.75, 3.05) is 7.11 Å². The zero-order chi connectivity index (χ0) is 27.2. The predicted molar refractivity (Wildman–Crippen MR) is 142 cm³/mol. The number of benzene rings is 1. The largest absolute Gasteiger partial charge is 0.480 e. The number of hydrogen-bond acceptors (Lipinski definition) is 8. The number of aromatic nitrogens is 4. The third-order valence-electron chi connectivity index (χ3n) is 6.79. The minimum Gasteiger partial charge on any atom is -0.480 e. The number of amides is 2. The highest BCUT2D eigenvalue weighted by Gasteiger charge is 2.29. The lowest BCUT2D eigenvalue weighted by atomic mass is 10.0. The van der Waals surface area contributed by atoms with Crippen molar-refractivity contribution >= 4 is 28.5 Å². The molecule has 1 aliphatic heterocycles. The molecule has 4 aromatic rings. The summed E-state index contributed by atoms with van der Waals surface area (Å²) in [6, 6.07) is 8.80. The van der Waals surface area contributed by atoms with Crippen LogP contribution in [0.3, 0.4) is 0 Å². The molecule has 0 bridgehead atoms. The van der Waals surface area contributed by atoms with Crippen molar-refractivity contribution in [3.63, 3.8) is 0 Å². The van der Waals surface area contributed by atoms with E-state index in [4.69, 9.17) is 9.15 Å². The van der Waals surface area contributed by atoms with E-state index in [1.54, 1.807) is 13.3 Å². The van der Waals surface area contributed by atoms with Crippen molar-refractivity contribution < 1.29 is 23.5 Å². The predicted octanol–water partition coefficient (Wildman–Crippen LogP) is 3.89. The second-order valence-electron chi connectivity index (χ2n) is 9.50. The van der Waals surface area contributed by atoms with Crippen molar-refractivity contribution in [3.8, 4) is 17.1 Å². The molecule has 0 aliphatic carbocycles. The number of fused-ring (bicyclic) bond motifs is 1. The van der Waals surface area contributed by atoms with Crippen LogP contribution in [-0.2, 0) is 9.59 Å². The molecule has 202 valence electrons. The number of H-pyrrole nitrogens is 1. The molecule has 2 atom stereocenters. The Morgan fingerprint density at radius 1 is 1.21 bits per heavy atom. The Bertz CT molecular complexity index is 1460. The van der Waals surface area contributed by atoms with E-state index in [0.29, 0.717) is 49.5 Å². The van der Waals surface area contributed by atoms with E-state index in [9.17, 15) is 14.4 Å². The van der Waals surface area contributed by atoms with Gasteiger partial charge in [0.15, 0.2) is 0 Å². The topological polar surface area (TPSA) is 152 Å². The number of oxazole rings is 1. The number of nitrogens with one attached hydrogen (secondary N) is 3. The molecule has 3 N–H and O–H groups in total. The first-order chi connectivity index (χ1) is 19.0. The lowest BCUT2D eigenvalue weighted by Gasteiger charge is -2.19. The Morgan fingerprint density at radius 3 is 2.85 bits per heavy atom. The fourth-order valence-electron chi connectivity index (χ4n) is 4.74. The van der Waals surface area contributed by atoms with Crippen molar-refractivity contribution in [3.05, 3.63) is 60.7 Å². The van der Waals surface area contributed by atoms with Gasteiger partial charge in [-0.1, -0.05) is 31.0 Å². The van der Waals surface area contributed by atoms with Gasteiger partial charge in [0.05, 0.1) is 42.3 Å². The summed E-state index contributed by atoms with van der Waals surface area (Å²) in [5, 5.41) is 6.74. The standard InChI is InChI=1S/C28H30N6O5/c1-38-27-18(15-17-7-5-6-8-19(17)34-27)22-16-30-25(32-22)20(33-26(37)21-11-12-24(36)31-21)9-3-2-4-10-23(35)28-29-13-14-39-28/h5-8,13-16,20-21H,2-4,9-12H2,1H3,(H,30,32)(H,31,36)(H,33,37)/t20-,21+/m0/s1. The fraction of sp³-hybridized carbons (Fsp3) is 0.357. The number of carbonyl (C=O) groups is 3. The Hall–Kier alpha value is -4.54. The van der Waals surface area contributed by atoms with Gasteiger partial charge in [-0.25, -0.2) is 15.0 Å². The Morgan fingerprint density at radius 2 is 2.08 bits per heavy atom. The maximum atomic E-state index is 12.9. The van der Waals surface area contributed by atoms with Crippen LogP contribution in [0.1, 0.15) is 67.5 Å². The first-order valence-corrected chi connectivity index (χ1v) is 13.0. The van der Waals surface area contributed by atoms with Gasteiger partial charge in [-0.05, 0) is 31.4 Å². The van der Waals surface area contributed by atoms with Crippen molar-refractivity contribution in [1.82, 2.24) is 30.6 Å². The van der Waals surface area contributed by atoms with E-state index in [2.05, 4.69) is 30.6 Å². The summed E-state index contributed by atoms with van der Waals surface area (Å²) >= 11 is 0. The molecular formula is C28H30N6O5. The number of ketones is 1. The first-order valence-electron chi connectivity index (χ1n) is 13.0. The zero-order valence-corrected chi connectivity index (χ0v) is 21.6. The molecule has 39 heavy (non-hydrogen) atoms.